The van der Waals surface area contributed by atoms with Crippen LogP contribution in [-0.2, 0) is 4.79 Å². The number of nitrogens with zero attached hydrogens (tertiary/aromatic N) is 1. The third-order valence-corrected chi connectivity index (χ3v) is 6.33. The minimum atomic E-state index is -0.470. The number of hydrogen-bond donors (Lipinski definition) is 2. The normalized spacial score (nSPS) is 15.3. The molecule has 1 amide bonds. The maximum atomic E-state index is 14.0. The summed E-state index contributed by atoms with van der Waals surface area (Å²) in [5.74, 6) is 0.530. The first-order valence-electron chi connectivity index (χ1n) is 11.6. The van der Waals surface area contributed by atoms with E-state index in [4.69, 9.17) is 17.0 Å². The molecule has 0 unspecified atom stereocenters. The van der Waals surface area contributed by atoms with Crippen molar-refractivity contribution in [3.05, 3.63) is 132 Å². The monoisotopic (exact) mass is 491 g/mol. The lowest BCUT2D eigenvalue weighted by atomic mass is 9.90. The summed E-state index contributed by atoms with van der Waals surface area (Å²) in [5, 5.41) is 7.03. The van der Waals surface area contributed by atoms with E-state index < -0.39 is 6.04 Å². The quantitative estimate of drug-likeness (QED) is 0.316. The lowest BCUT2D eigenvalue weighted by molar-refractivity contribution is -0.113. The fraction of sp³-hybridized carbons (Fsp3) is 0.0667. The van der Waals surface area contributed by atoms with Gasteiger partial charge in [-0.3, -0.25) is 9.69 Å². The van der Waals surface area contributed by atoms with Crippen molar-refractivity contribution in [2.24, 2.45) is 0 Å². The molecule has 178 valence electrons. The van der Waals surface area contributed by atoms with Gasteiger partial charge in [-0.1, -0.05) is 78.9 Å². The van der Waals surface area contributed by atoms with Gasteiger partial charge < -0.3 is 15.4 Å². The van der Waals surface area contributed by atoms with Crippen LogP contribution in [0.15, 0.2) is 121 Å². The predicted octanol–water partition coefficient (Wildman–Crippen LogP) is 6.18. The second-order valence-electron chi connectivity index (χ2n) is 8.28. The van der Waals surface area contributed by atoms with Gasteiger partial charge in [-0.05, 0) is 59.7 Å². The Balaban J connectivity index is 1.74. The van der Waals surface area contributed by atoms with Crippen LogP contribution < -0.4 is 20.3 Å². The van der Waals surface area contributed by atoms with E-state index in [2.05, 4.69) is 10.6 Å². The summed E-state index contributed by atoms with van der Waals surface area (Å²) < 4.78 is 5.35. The van der Waals surface area contributed by atoms with Crippen molar-refractivity contribution >= 4 is 40.3 Å². The third kappa shape index (κ3) is 4.72. The molecule has 0 aromatic heterocycles. The highest BCUT2D eigenvalue weighted by Gasteiger charge is 2.37. The van der Waals surface area contributed by atoms with Gasteiger partial charge in [-0.15, -0.1) is 0 Å². The third-order valence-electron chi connectivity index (χ3n) is 6.03. The molecular formula is C30H25N3O2S. The Morgan fingerprint density at radius 3 is 2.03 bits per heavy atom. The van der Waals surface area contributed by atoms with Crippen molar-refractivity contribution in [3.63, 3.8) is 0 Å². The van der Waals surface area contributed by atoms with Crippen molar-refractivity contribution in [1.82, 2.24) is 5.32 Å². The predicted molar refractivity (Wildman–Crippen MR) is 149 cm³/mol. The summed E-state index contributed by atoms with van der Waals surface area (Å²) in [5.41, 5.74) is 4.68. The number of rotatable bonds is 6. The summed E-state index contributed by atoms with van der Waals surface area (Å²) in [6.07, 6.45) is 0. The molecule has 5 rings (SSSR count). The van der Waals surface area contributed by atoms with E-state index in [1.807, 2.05) is 120 Å². The lowest BCUT2D eigenvalue weighted by Gasteiger charge is -2.39. The van der Waals surface area contributed by atoms with E-state index in [-0.39, 0.29) is 5.91 Å². The van der Waals surface area contributed by atoms with Crippen LogP contribution >= 0.6 is 12.2 Å². The van der Waals surface area contributed by atoms with E-state index in [9.17, 15) is 4.79 Å². The number of thiocarbonyl (C=S) groups is 1. The summed E-state index contributed by atoms with van der Waals surface area (Å²) in [6, 6.07) is 36.4. The van der Waals surface area contributed by atoms with Crippen LogP contribution in [0.3, 0.4) is 0 Å². The molecule has 0 fully saturated rings. The molecule has 4 aromatic carbocycles. The Hall–Kier alpha value is -4.42. The highest BCUT2D eigenvalue weighted by Crippen LogP contribution is 2.39. The number of para-hydroxylation sites is 2. The molecule has 0 aliphatic carbocycles. The number of amides is 1. The molecule has 0 saturated heterocycles. The first-order valence-corrected chi connectivity index (χ1v) is 12.0. The number of hydrogen-bond acceptors (Lipinski definition) is 3. The molecule has 1 aliphatic heterocycles. The Bertz CT molecular complexity index is 1390. The van der Waals surface area contributed by atoms with E-state index in [1.165, 1.54) is 0 Å². The lowest BCUT2D eigenvalue weighted by Crippen LogP contribution is -2.48. The second kappa shape index (κ2) is 10.5. The molecule has 36 heavy (non-hydrogen) atoms. The summed E-state index contributed by atoms with van der Waals surface area (Å²) >= 11 is 5.91. The topological polar surface area (TPSA) is 53.6 Å². The Morgan fingerprint density at radius 1 is 0.833 bits per heavy atom. The van der Waals surface area contributed by atoms with Crippen LogP contribution in [0.5, 0.6) is 5.75 Å². The van der Waals surface area contributed by atoms with Gasteiger partial charge in [0.1, 0.15) is 5.75 Å². The van der Waals surface area contributed by atoms with Gasteiger partial charge in [0.05, 0.1) is 24.4 Å². The molecule has 1 aliphatic rings. The Kier molecular flexibility index (Phi) is 6.78. The maximum Gasteiger partial charge on any atom is 0.256 e. The smallest absolute Gasteiger partial charge is 0.256 e. The molecular weight excluding hydrogens is 466 g/mol. The van der Waals surface area contributed by atoms with E-state index >= 15 is 0 Å². The van der Waals surface area contributed by atoms with Crippen LogP contribution in [-0.4, -0.2) is 18.1 Å². The van der Waals surface area contributed by atoms with Crippen LogP contribution in [0.4, 0.5) is 11.4 Å². The minimum Gasteiger partial charge on any atom is -0.497 e. The number of carbonyl (C=O) groups is 1. The van der Waals surface area contributed by atoms with Crippen LogP contribution in [0.2, 0.25) is 0 Å². The molecule has 0 bridgehead atoms. The van der Waals surface area contributed by atoms with Gasteiger partial charge in [0.15, 0.2) is 5.11 Å². The zero-order valence-electron chi connectivity index (χ0n) is 19.7. The zero-order chi connectivity index (χ0) is 24.9. The first kappa shape index (κ1) is 23.3. The van der Waals surface area contributed by atoms with Crippen molar-refractivity contribution in [1.29, 1.82) is 0 Å². The van der Waals surface area contributed by atoms with Gasteiger partial charge >= 0.3 is 0 Å². The molecule has 1 heterocycles. The number of carbonyl (C=O) groups excluding carboxylic acids is 1. The Labute approximate surface area is 216 Å². The van der Waals surface area contributed by atoms with Gasteiger partial charge in [0.25, 0.3) is 5.91 Å². The summed E-state index contributed by atoms with van der Waals surface area (Å²) in [6.45, 7) is 0. The van der Waals surface area contributed by atoms with Gasteiger partial charge in [-0.2, -0.15) is 0 Å². The second-order valence-corrected chi connectivity index (χ2v) is 8.66. The van der Waals surface area contributed by atoms with Gasteiger partial charge in [-0.25, -0.2) is 0 Å². The largest absolute Gasteiger partial charge is 0.497 e. The van der Waals surface area contributed by atoms with Crippen molar-refractivity contribution in [2.45, 2.75) is 6.04 Å². The highest BCUT2D eigenvalue weighted by molar-refractivity contribution is 7.80. The van der Waals surface area contributed by atoms with E-state index in [1.54, 1.807) is 7.11 Å². The first-order chi connectivity index (χ1) is 17.7. The van der Waals surface area contributed by atoms with Crippen LogP contribution in [0, 0.1) is 0 Å². The molecule has 2 N–H and O–H groups in total. The van der Waals surface area contributed by atoms with E-state index in [0.29, 0.717) is 10.7 Å². The average Bonchev–Trinajstić information content (AvgIpc) is 2.94. The van der Waals surface area contributed by atoms with Crippen molar-refractivity contribution in [2.75, 3.05) is 17.3 Å². The molecule has 4 aromatic rings. The highest BCUT2D eigenvalue weighted by atomic mass is 32.1. The number of ether oxygens (including phenoxy) is 1. The molecule has 0 saturated carbocycles. The number of methoxy groups -OCH3 is 1. The fourth-order valence-electron chi connectivity index (χ4n) is 4.33. The summed E-state index contributed by atoms with van der Waals surface area (Å²) in [7, 11) is 1.63. The molecule has 0 spiro atoms. The van der Waals surface area contributed by atoms with Crippen molar-refractivity contribution < 1.29 is 9.53 Å². The maximum absolute atomic E-state index is 14.0. The number of anilines is 2. The fourth-order valence-corrected chi connectivity index (χ4v) is 4.64. The standard InChI is InChI=1S/C30H25N3O2S/c1-35-25-19-17-21(18-20-25)27-26(29(34)31-23-13-7-3-8-14-23)28(22-11-5-2-6-12-22)33(30(36)32-27)24-15-9-4-10-16-24/h2-20,27H,1H3,(H,31,34)(H,32,36)/t27-/m0/s1. The Morgan fingerprint density at radius 2 is 1.42 bits per heavy atom. The van der Waals surface area contributed by atoms with Crippen molar-refractivity contribution in [3.8, 4) is 5.75 Å². The van der Waals surface area contributed by atoms with Gasteiger partial charge in [0.2, 0.25) is 0 Å². The molecule has 5 nitrogen and oxygen atoms in total. The SMILES string of the molecule is COc1ccc([C@@H]2NC(=S)N(c3ccccc3)C(c3ccccc3)=C2C(=O)Nc2ccccc2)cc1. The minimum absolute atomic E-state index is 0.211. The zero-order valence-corrected chi connectivity index (χ0v) is 20.5. The average molecular weight is 492 g/mol. The van der Waals surface area contributed by atoms with Crippen LogP contribution in [0.1, 0.15) is 17.2 Å². The summed E-state index contributed by atoms with van der Waals surface area (Å²) in [4.78, 5) is 16.0. The molecule has 0 radical (unpaired) electrons. The molecule has 1 atom stereocenters. The number of benzene rings is 4. The number of nitrogens with one attached hydrogen (secondary N) is 2. The van der Waals surface area contributed by atoms with Gasteiger partial charge in [0, 0.05) is 11.4 Å². The van der Waals surface area contributed by atoms with E-state index in [0.717, 1.165) is 33.9 Å². The molecule has 6 heteroatoms. The van der Waals surface area contributed by atoms with Crippen LogP contribution in [0.25, 0.3) is 5.70 Å².